The summed E-state index contributed by atoms with van der Waals surface area (Å²) >= 11 is 0. The van der Waals surface area contributed by atoms with Gasteiger partial charge in [-0.1, -0.05) is 30.3 Å². The van der Waals surface area contributed by atoms with Crippen molar-refractivity contribution in [3.63, 3.8) is 0 Å². The lowest BCUT2D eigenvalue weighted by Crippen LogP contribution is -2.15. The Morgan fingerprint density at radius 1 is 1.08 bits per heavy atom. The number of nitro groups is 2. The van der Waals surface area contributed by atoms with Gasteiger partial charge >= 0.3 is 5.97 Å². The van der Waals surface area contributed by atoms with Crippen LogP contribution < -0.4 is 0 Å². The molecule has 9 heteroatoms. The fraction of sp³-hybridized carbons (Fsp3) is 0.133. The highest BCUT2D eigenvalue weighted by Gasteiger charge is 2.32. The summed E-state index contributed by atoms with van der Waals surface area (Å²) in [7, 11) is 0. The predicted octanol–water partition coefficient (Wildman–Crippen LogP) is 2.33. The quantitative estimate of drug-likeness (QED) is 0.610. The van der Waals surface area contributed by atoms with Crippen LogP contribution in [0, 0.1) is 20.2 Å². The smallest absolute Gasteiger partial charge is 0.336 e. The molecule has 9 nitrogen and oxygen atoms in total. The van der Waals surface area contributed by atoms with Gasteiger partial charge in [-0.2, -0.15) is 0 Å². The molecular weight excluding hydrogens is 320 g/mol. The van der Waals surface area contributed by atoms with E-state index in [1.54, 1.807) is 30.3 Å². The number of aromatic carboxylic acids is 1. The molecule has 0 saturated heterocycles. The minimum absolute atomic E-state index is 0.271. The van der Waals surface area contributed by atoms with Crippen molar-refractivity contribution < 1.29 is 24.9 Å². The topological polar surface area (TPSA) is 144 Å². The Morgan fingerprint density at radius 3 is 2.17 bits per heavy atom. The zero-order valence-electron chi connectivity index (χ0n) is 12.2. The SMILES string of the molecule is O=C(O)c1cc([N+](=O)[O-])cc([N+](=O)[O-])c1C(CO)c1ccccc1. The maximum atomic E-state index is 11.5. The molecule has 0 aromatic heterocycles. The molecule has 0 radical (unpaired) electrons. The van der Waals surface area contributed by atoms with Crippen LogP contribution in [-0.2, 0) is 0 Å². The minimum atomic E-state index is -1.55. The number of hydrogen-bond donors (Lipinski definition) is 2. The molecule has 0 saturated carbocycles. The predicted molar refractivity (Wildman–Crippen MR) is 82.1 cm³/mol. The molecule has 2 aromatic carbocycles. The summed E-state index contributed by atoms with van der Waals surface area (Å²) in [5.74, 6) is -2.55. The van der Waals surface area contributed by atoms with Gasteiger partial charge in [0.1, 0.15) is 0 Å². The van der Waals surface area contributed by atoms with Crippen molar-refractivity contribution in [2.24, 2.45) is 0 Å². The van der Waals surface area contributed by atoms with Gasteiger partial charge in [0.15, 0.2) is 0 Å². The Kier molecular flexibility index (Phi) is 4.85. The van der Waals surface area contributed by atoms with E-state index < -0.39 is 45.3 Å². The molecular formula is C15H12N2O7. The first kappa shape index (κ1) is 17.0. The van der Waals surface area contributed by atoms with Crippen LogP contribution in [0.2, 0.25) is 0 Å². The fourth-order valence-electron chi connectivity index (χ4n) is 2.47. The largest absolute Gasteiger partial charge is 0.478 e. The number of nitro benzene ring substituents is 2. The van der Waals surface area contributed by atoms with Crippen LogP contribution in [0.4, 0.5) is 11.4 Å². The Labute approximate surface area is 135 Å². The number of aliphatic hydroxyl groups excluding tert-OH is 1. The van der Waals surface area contributed by atoms with Gasteiger partial charge in [-0.3, -0.25) is 20.2 Å². The van der Waals surface area contributed by atoms with Gasteiger partial charge in [0, 0.05) is 12.0 Å². The number of hydrogen-bond acceptors (Lipinski definition) is 6. The molecule has 0 heterocycles. The number of carbonyl (C=O) groups is 1. The lowest BCUT2D eigenvalue weighted by atomic mass is 9.87. The number of nitrogens with zero attached hydrogens (tertiary/aromatic N) is 2. The standard InChI is InChI=1S/C15H12N2O7/c18-8-12(9-4-2-1-3-5-9)14-11(15(19)20)6-10(16(21)22)7-13(14)17(23)24/h1-7,12,18H,8H2,(H,19,20). The van der Waals surface area contributed by atoms with E-state index in [0.29, 0.717) is 11.6 Å². The highest BCUT2D eigenvalue weighted by Crippen LogP contribution is 2.37. The van der Waals surface area contributed by atoms with Gasteiger partial charge < -0.3 is 10.2 Å². The second-order valence-electron chi connectivity index (χ2n) is 4.89. The summed E-state index contributed by atoms with van der Waals surface area (Å²) in [4.78, 5) is 31.9. The molecule has 2 aromatic rings. The van der Waals surface area contributed by atoms with E-state index in [2.05, 4.69) is 0 Å². The van der Waals surface area contributed by atoms with Gasteiger partial charge in [0.25, 0.3) is 11.4 Å². The second-order valence-corrected chi connectivity index (χ2v) is 4.89. The van der Waals surface area contributed by atoms with Crippen LogP contribution in [0.3, 0.4) is 0 Å². The molecule has 1 unspecified atom stereocenters. The highest BCUT2D eigenvalue weighted by molar-refractivity contribution is 5.92. The molecule has 1 atom stereocenters. The average Bonchev–Trinajstić information content (AvgIpc) is 2.55. The Morgan fingerprint density at radius 2 is 1.71 bits per heavy atom. The molecule has 0 aliphatic carbocycles. The molecule has 2 N–H and O–H groups in total. The molecule has 0 spiro atoms. The van der Waals surface area contributed by atoms with Crippen molar-refractivity contribution >= 4 is 17.3 Å². The normalized spacial score (nSPS) is 11.7. The van der Waals surface area contributed by atoms with Crippen LogP contribution in [-0.4, -0.2) is 32.6 Å². The molecule has 2 rings (SSSR count). The van der Waals surface area contributed by atoms with Crippen molar-refractivity contribution in [3.05, 3.63) is 79.4 Å². The zero-order chi connectivity index (χ0) is 17.9. The van der Waals surface area contributed by atoms with Crippen LogP contribution in [0.5, 0.6) is 0 Å². The maximum Gasteiger partial charge on any atom is 0.336 e. The summed E-state index contributed by atoms with van der Waals surface area (Å²) in [5, 5.41) is 41.3. The van der Waals surface area contributed by atoms with Crippen LogP contribution in [0.25, 0.3) is 0 Å². The fourth-order valence-corrected chi connectivity index (χ4v) is 2.47. The molecule has 124 valence electrons. The molecule has 0 fully saturated rings. The Bertz CT molecular complexity index is 770. The Balaban J connectivity index is 2.81. The van der Waals surface area contributed by atoms with Crippen molar-refractivity contribution in [2.45, 2.75) is 5.92 Å². The number of non-ortho nitro benzene ring substituents is 1. The molecule has 0 aliphatic heterocycles. The van der Waals surface area contributed by atoms with Crippen molar-refractivity contribution in [1.82, 2.24) is 0 Å². The first-order valence-electron chi connectivity index (χ1n) is 6.72. The molecule has 0 amide bonds. The van der Waals surface area contributed by atoms with Gasteiger partial charge in [0.05, 0.1) is 33.6 Å². The highest BCUT2D eigenvalue weighted by atomic mass is 16.6. The summed E-state index contributed by atoms with van der Waals surface area (Å²) < 4.78 is 0. The van der Waals surface area contributed by atoms with E-state index >= 15 is 0 Å². The summed E-state index contributed by atoms with van der Waals surface area (Å²) in [6, 6.07) is 9.59. The first-order chi connectivity index (χ1) is 11.4. The molecule has 0 bridgehead atoms. The van der Waals surface area contributed by atoms with E-state index in [1.165, 1.54) is 0 Å². The Hall–Kier alpha value is -3.33. The summed E-state index contributed by atoms with van der Waals surface area (Å²) in [5.41, 5.74) is -1.82. The van der Waals surface area contributed by atoms with E-state index in [4.69, 9.17) is 0 Å². The molecule has 24 heavy (non-hydrogen) atoms. The van der Waals surface area contributed by atoms with Crippen LogP contribution >= 0.6 is 0 Å². The lowest BCUT2D eigenvalue weighted by molar-refractivity contribution is -0.394. The van der Waals surface area contributed by atoms with Crippen molar-refractivity contribution in [1.29, 1.82) is 0 Å². The maximum absolute atomic E-state index is 11.5. The summed E-state index contributed by atoms with van der Waals surface area (Å²) in [6.45, 7) is -0.594. The minimum Gasteiger partial charge on any atom is -0.478 e. The number of carboxylic acid groups (broad SMARTS) is 1. The van der Waals surface area contributed by atoms with Gasteiger partial charge in [0.2, 0.25) is 0 Å². The van der Waals surface area contributed by atoms with E-state index in [-0.39, 0.29) is 5.56 Å². The number of rotatable bonds is 6. The monoisotopic (exact) mass is 332 g/mol. The van der Waals surface area contributed by atoms with E-state index in [9.17, 15) is 35.2 Å². The zero-order valence-corrected chi connectivity index (χ0v) is 12.2. The lowest BCUT2D eigenvalue weighted by Gasteiger charge is -2.17. The average molecular weight is 332 g/mol. The van der Waals surface area contributed by atoms with Crippen molar-refractivity contribution in [3.8, 4) is 0 Å². The first-order valence-corrected chi connectivity index (χ1v) is 6.72. The van der Waals surface area contributed by atoms with Crippen molar-refractivity contribution in [2.75, 3.05) is 6.61 Å². The van der Waals surface area contributed by atoms with Crippen LogP contribution in [0.1, 0.15) is 27.4 Å². The van der Waals surface area contributed by atoms with E-state index in [0.717, 1.165) is 6.07 Å². The second kappa shape index (κ2) is 6.84. The van der Waals surface area contributed by atoms with Gasteiger partial charge in [-0.25, -0.2) is 4.79 Å². The summed E-state index contributed by atoms with van der Waals surface area (Å²) in [6.07, 6.45) is 0. The third-order valence-electron chi connectivity index (χ3n) is 3.51. The van der Waals surface area contributed by atoms with Crippen LogP contribution in [0.15, 0.2) is 42.5 Å². The third kappa shape index (κ3) is 3.20. The number of carboxylic acids is 1. The third-order valence-corrected chi connectivity index (χ3v) is 3.51. The van der Waals surface area contributed by atoms with E-state index in [1.807, 2.05) is 0 Å². The van der Waals surface area contributed by atoms with Gasteiger partial charge in [-0.15, -0.1) is 0 Å². The van der Waals surface area contributed by atoms with Gasteiger partial charge in [-0.05, 0) is 5.56 Å². The number of aliphatic hydroxyl groups is 1. The number of benzene rings is 2. The molecule has 0 aliphatic rings.